The van der Waals surface area contributed by atoms with Crippen LogP contribution >= 0.6 is 69.2 Å². The van der Waals surface area contributed by atoms with Crippen LogP contribution in [0.1, 0.15) is 12.5 Å². The molecule has 0 aliphatic carbocycles. The Morgan fingerprint density at radius 2 is 1.89 bits per heavy atom. The Morgan fingerprint density at radius 1 is 1.21 bits per heavy atom. The first-order chi connectivity index (χ1) is 13.3. The summed E-state index contributed by atoms with van der Waals surface area (Å²) < 4.78 is 8.46. The Bertz CT molecular complexity index is 959. The fourth-order valence-electron chi connectivity index (χ4n) is 2.72. The second kappa shape index (κ2) is 9.31. The standard InChI is InChI=1S/C20H18I2N2O2S2/c1-4-26-18-12(9-13(21)11-16(18)22)10-17-19(25)24(20(27)28-17)15-7-5-14(6-8-15)23(2)3/h5-11H,4H2,1-3H3/b17-10-. The third-order valence-corrected chi connectivity index (χ3v) is 6.76. The molecule has 1 fully saturated rings. The molecule has 0 unspecified atom stereocenters. The van der Waals surface area contributed by atoms with Crippen LogP contribution in [-0.2, 0) is 4.79 Å². The molecule has 0 atom stereocenters. The van der Waals surface area contributed by atoms with Crippen LogP contribution in [0.3, 0.4) is 0 Å². The topological polar surface area (TPSA) is 32.8 Å². The Kier molecular flexibility index (Phi) is 7.26. The summed E-state index contributed by atoms with van der Waals surface area (Å²) in [5.74, 6) is 0.688. The van der Waals surface area contributed by atoms with Gasteiger partial charge in [-0.1, -0.05) is 24.0 Å². The molecule has 28 heavy (non-hydrogen) atoms. The average Bonchev–Trinajstić information content (AvgIpc) is 2.91. The molecule has 1 amide bonds. The number of hydrogen-bond acceptors (Lipinski definition) is 5. The van der Waals surface area contributed by atoms with E-state index in [4.69, 9.17) is 17.0 Å². The normalized spacial score (nSPS) is 15.5. The van der Waals surface area contributed by atoms with Crippen molar-refractivity contribution in [1.82, 2.24) is 0 Å². The summed E-state index contributed by atoms with van der Waals surface area (Å²) in [6.07, 6.45) is 1.88. The van der Waals surface area contributed by atoms with Crippen LogP contribution in [0.5, 0.6) is 5.75 Å². The van der Waals surface area contributed by atoms with Crippen LogP contribution in [0.4, 0.5) is 11.4 Å². The molecule has 1 saturated heterocycles. The highest BCUT2D eigenvalue weighted by atomic mass is 127. The maximum atomic E-state index is 13.1. The van der Waals surface area contributed by atoms with Crippen molar-refractivity contribution in [2.45, 2.75) is 6.92 Å². The molecule has 2 aromatic rings. The van der Waals surface area contributed by atoms with Crippen LogP contribution in [-0.4, -0.2) is 30.9 Å². The van der Waals surface area contributed by atoms with E-state index >= 15 is 0 Å². The number of ether oxygens (including phenoxy) is 1. The smallest absolute Gasteiger partial charge is 0.270 e. The molecule has 0 saturated carbocycles. The van der Waals surface area contributed by atoms with Crippen molar-refractivity contribution in [2.75, 3.05) is 30.5 Å². The predicted molar refractivity (Wildman–Crippen MR) is 139 cm³/mol. The fourth-order valence-corrected chi connectivity index (χ4v) is 6.05. The lowest BCUT2D eigenvalue weighted by Crippen LogP contribution is -2.27. The summed E-state index contributed by atoms with van der Waals surface area (Å²) >= 11 is 11.3. The molecule has 4 nitrogen and oxygen atoms in total. The van der Waals surface area contributed by atoms with Crippen LogP contribution < -0.4 is 14.5 Å². The molecule has 8 heteroatoms. The van der Waals surface area contributed by atoms with Gasteiger partial charge < -0.3 is 9.64 Å². The molecule has 146 valence electrons. The summed E-state index contributed by atoms with van der Waals surface area (Å²) in [5, 5.41) is 0. The molecule has 0 aromatic heterocycles. The van der Waals surface area contributed by atoms with Gasteiger partial charge in [-0.3, -0.25) is 9.69 Å². The van der Waals surface area contributed by atoms with Gasteiger partial charge in [-0.05, 0) is 94.6 Å². The third kappa shape index (κ3) is 4.65. The quantitative estimate of drug-likeness (QED) is 0.237. The average molecular weight is 636 g/mol. The van der Waals surface area contributed by atoms with Crippen LogP contribution in [0.2, 0.25) is 0 Å². The van der Waals surface area contributed by atoms with Gasteiger partial charge in [-0.15, -0.1) is 0 Å². The minimum absolute atomic E-state index is 0.107. The fraction of sp³-hybridized carbons (Fsp3) is 0.200. The largest absolute Gasteiger partial charge is 0.492 e. The van der Waals surface area contributed by atoms with Gasteiger partial charge in [-0.2, -0.15) is 0 Å². The molecule has 0 spiro atoms. The lowest BCUT2D eigenvalue weighted by atomic mass is 10.2. The zero-order chi connectivity index (χ0) is 20.4. The molecule has 0 bridgehead atoms. The molecular weight excluding hydrogens is 618 g/mol. The van der Waals surface area contributed by atoms with Gasteiger partial charge in [0.25, 0.3) is 5.91 Å². The first-order valence-electron chi connectivity index (χ1n) is 8.49. The first-order valence-corrected chi connectivity index (χ1v) is 11.9. The van der Waals surface area contributed by atoms with Gasteiger partial charge >= 0.3 is 0 Å². The number of benzene rings is 2. The third-order valence-electron chi connectivity index (χ3n) is 4.03. The molecule has 2 aromatic carbocycles. The van der Waals surface area contributed by atoms with Crippen molar-refractivity contribution in [3.05, 3.63) is 54.0 Å². The zero-order valence-corrected chi connectivity index (χ0v) is 21.5. The van der Waals surface area contributed by atoms with E-state index in [1.165, 1.54) is 11.8 Å². The van der Waals surface area contributed by atoms with Gasteiger partial charge in [0.15, 0.2) is 4.32 Å². The SMILES string of the molecule is CCOc1c(I)cc(I)cc1/C=C1\SC(=S)N(c2ccc(N(C)C)cc2)C1=O. The van der Waals surface area contributed by atoms with E-state index in [1.807, 2.05) is 62.3 Å². The number of carbonyl (C=O) groups excluding carboxylic acids is 1. The number of carbonyl (C=O) groups is 1. The highest BCUT2D eigenvalue weighted by molar-refractivity contribution is 14.1. The second-order valence-electron chi connectivity index (χ2n) is 6.17. The maximum absolute atomic E-state index is 13.1. The van der Waals surface area contributed by atoms with Crippen LogP contribution in [0.15, 0.2) is 41.3 Å². The summed E-state index contributed by atoms with van der Waals surface area (Å²) in [6, 6.07) is 11.9. The number of amides is 1. The Morgan fingerprint density at radius 3 is 2.50 bits per heavy atom. The summed E-state index contributed by atoms with van der Waals surface area (Å²) in [5.41, 5.74) is 2.74. The lowest BCUT2D eigenvalue weighted by molar-refractivity contribution is -0.113. The Hall–Kier alpha value is -0.850. The van der Waals surface area contributed by atoms with Gasteiger partial charge in [0, 0.05) is 28.9 Å². The molecule has 3 rings (SSSR count). The van der Waals surface area contributed by atoms with Crippen molar-refractivity contribution in [2.24, 2.45) is 0 Å². The minimum Gasteiger partial charge on any atom is -0.492 e. The predicted octanol–water partition coefficient (Wildman–Crippen LogP) is 5.77. The summed E-state index contributed by atoms with van der Waals surface area (Å²) in [7, 11) is 3.96. The number of thiocarbonyl (C=S) groups is 1. The number of hydrogen-bond donors (Lipinski definition) is 0. The van der Waals surface area contributed by atoms with Crippen molar-refractivity contribution < 1.29 is 9.53 Å². The molecular formula is C20H18I2N2O2S2. The van der Waals surface area contributed by atoms with E-state index in [2.05, 4.69) is 51.2 Å². The van der Waals surface area contributed by atoms with Gasteiger partial charge in [0.05, 0.1) is 20.8 Å². The van der Waals surface area contributed by atoms with E-state index in [-0.39, 0.29) is 5.91 Å². The van der Waals surface area contributed by atoms with E-state index in [0.717, 1.165) is 29.8 Å². The summed E-state index contributed by atoms with van der Waals surface area (Å²) in [6.45, 7) is 2.52. The Labute approximate surface area is 202 Å². The second-order valence-corrected chi connectivity index (χ2v) is 10.3. The first kappa shape index (κ1) is 21.8. The highest BCUT2D eigenvalue weighted by Gasteiger charge is 2.33. The number of rotatable bonds is 5. The number of anilines is 2. The van der Waals surface area contributed by atoms with E-state index in [1.54, 1.807) is 4.90 Å². The maximum Gasteiger partial charge on any atom is 0.270 e. The van der Waals surface area contributed by atoms with E-state index in [0.29, 0.717) is 15.8 Å². The number of thioether (sulfide) groups is 1. The monoisotopic (exact) mass is 636 g/mol. The van der Waals surface area contributed by atoms with Crippen molar-refractivity contribution in [3.8, 4) is 5.75 Å². The van der Waals surface area contributed by atoms with Gasteiger partial charge in [0.2, 0.25) is 0 Å². The van der Waals surface area contributed by atoms with Gasteiger partial charge in [-0.25, -0.2) is 0 Å². The van der Waals surface area contributed by atoms with Crippen molar-refractivity contribution in [1.29, 1.82) is 0 Å². The van der Waals surface area contributed by atoms with Crippen LogP contribution in [0.25, 0.3) is 6.08 Å². The summed E-state index contributed by atoms with van der Waals surface area (Å²) in [4.78, 5) is 17.3. The van der Waals surface area contributed by atoms with Crippen LogP contribution in [0, 0.1) is 7.14 Å². The minimum atomic E-state index is -0.107. The Balaban J connectivity index is 1.96. The highest BCUT2D eigenvalue weighted by Crippen LogP contribution is 2.38. The molecule has 1 heterocycles. The number of nitrogens with zero attached hydrogens (tertiary/aromatic N) is 2. The van der Waals surface area contributed by atoms with E-state index < -0.39 is 0 Å². The van der Waals surface area contributed by atoms with Gasteiger partial charge in [0.1, 0.15) is 5.75 Å². The molecule has 1 aliphatic rings. The zero-order valence-electron chi connectivity index (χ0n) is 15.5. The molecule has 1 aliphatic heterocycles. The number of halogens is 2. The molecule has 0 N–H and O–H groups in total. The van der Waals surface area contributed by atoms with E-state index in [9.17, 15) is 4.79 Å². The molecule has 0 radical (unpaired) electrons. The lowest BCUT2D eigenvalue weighted by Gasteiger charge is -2.17. The van der Waals surface area contributed by atoms with Crippen molar-refractivity contribution in [3.63, 3.8) is 0 Å². The van der Waals surface area contributed by atoms with Crippen molar-refractivity contribution >= 4 is 96.8 Å².